The SMILES string of the molecule is Nc1cccc(C(=O)NCCCCCN2CCOCC2)n1. The summed E-state index contributed by atoms with van der Waals surface area (Å²) in [5, 5.41) is 2.87. The predicted octanol–water partition coefficient (Wildman–Crippen LogP) is 0.896. The monoisotopic (exact) mass is 292 g/mol. The Labute approximate surface area is 125 Å². The standard InChI is InChI=1S/C15H24N4O2/c16-14-6-4-5-13(18-14)15(20)17-7-2-1-3-8-19-9-11-21-12-10-19/h4-6H,1-3,7-12H2,(H2,16,18)(H,17,20). The molecule has 0 bridgehead atoms. The number of anilines is 1. The van der Waals surface area contributed by atoms with Gasteiger partial charge >= 0.3 is 0 Å². The van der Waals surface area contributed by atoms with Crippen molar-refractivity contribution in [3.8, 4) is 0 Å². The molecule has 116 valence electrons. The lowest BCUT2D eigenvalue weighted by Gasteiger charge is -2.26. The highest BCUT2D eigenvalue weighted by Crippen LogP contribution is 2.03. The predicted molar refractivity (Wildman–Crippen MR) is 82.1 cm³/mol. The number of nitrogens with two attached hydrogens (primary N) is 1. The van der Waals surface area contributed by atoms with Crippen LogP contribution in [-0.2, 0) is 4.74 Å². The van der Waals surface area contributed by atoms with Crippen LogP contribution in [0.3, 0.4) is 0 Å². The lowest BCUT2D eigenvalue weighted by Crippen LogP contribution is -2.36. The maximum Gasteiger partial charge on any atom is 0.269 e. The Morgan fingerprint density at radius 3 is 2.86 bits per heavy atom. The zero-order valence-corrected chi connectivity index (χ0v) is 12.4. The van der Waals surface area contributed by atoms with Gasteiger partial charge < -0.3 is 15.8 Å². The summed E-state index contributed by atoms with van der Waals surface area (Å²) in [6.45, 7) is 5.58. The van der Waals surface area contributed by atoms with Gasteiger partial charge in [-0.1, -0.05) is 12.5 Å². The highest BCUT2D eigenvalue weighted by molar-refractivity contribution is 5.92. The minimum Gasteiger partial charge on any atom is -0.384 e. The van der Waals surface area contributed by atoms with Gasteiger partial charge in [0.15, 0.2) is 0 Å². The Kier molecular flexibility index (Phi) is 6.43. The summed E-state index contributed by atoms with van der Waals surface area (Å²) in [4.78, 5) is 18.3. The molecule has 0 radical (unpaired) electrons. The van der Waals surface area contributed by atoms with Gasteiger partial charge in [0.05, 0.1) is 13.2 Å². The number of carbonyl (C=O) groups is 1. The Hall–Kier alpha value is -1.66. The Morgan fingerprint density at radius 2 is 2.10 bits per heavy atom. The van der Waals surface area contributed by atoms with Gasteiger partial charge in [-0.25, -0.2) is 4.98 Å². The van der Waals surface area contributed by atoms with Crippen molar-refractivity contribution in [2.24, 2.45) is 0 Å². The smallest absolute Gasteiger partial charge is 0.269 e. The molecule has 2 heterocycles. The third-order valence-electron chi connectivity index (χ3n) is 3.54. The fourth-order valence-corrected chi connectivity index (χ4v) is 2.33. The maximum atomic E-state index is 11.8. The molecule has 0 saturated carbocycles. The summed E-state index contributed by atoms with van der Waals surface area (Å²) < 4.78 is 5.32. The second kappa shape index (κ2) is 8.59. The van der Waals surface area contributed by atoms with Crippen molar-refractivity contribution < 1.29 is 9.53 Å². The number of amides is 1. The number of nitrogens with one attached hydrogen (secondary N) is 1. The number of hydrogen-bond donors (Lipinski definition) is 2. The van der Waals surface area contributed by atoms with Crippen molar-refractivity contribution in [1.29, 1.82) is 0 Å². The van der Waals surface area contributed by atoms with Crippen molar-refractivity contribution in [3.63, 3.8) is 0 Å². The first-order valence-electron chi connectivity index (χ1n) is 7.56. The summed E-state index contributed by atoms with van der Waals surface area (Å²) in [6.07, 6.45) is 3.26. The molecule has 0 spiro atoms. The summed E-state index contributed by atoms with van der Waals surface area (Å²) in [5.41, 5.74) is 5.94. The molecule has 21 heavy (non-hydrogen) atoms. The van der Waals surface area contributed by atoms with Gasteiger partial charge in [-0.2, -0.15) is 0 Å². The zero-order valence-electron chi connectivity index (χ0n) is 12.4. The summed E-state index contributed by atoms with van der Waals surface area (Å²) in [7, 11) is 0. The van der Waals surface area contributed by atoms with E-state index in [1.807, 2.05) is 0 Å². The third kappa shape index (κ3) is 5.69. The van der Waals surface area contributed by atoms with Crippen LogP contribution in [0.2, 0.25) is 0 Å². The molecule has 2 rings (SSSR count). The quantitative estimate of drug-likeness (QED) is 0.730. The molecular formula is C15H24N4O2. The van der Waals surface area contributed by atoms with Crippen LogP contribution in [0.15, 0.2) is 18.2 Å². The summed E-state index contributed by atoms with van der Waals surface area (Å²) in [5.74, 6) is 0.212. The van der Waals surface area contributed by atoms with Crippen LogP contribution < -0.4 is 11.1 Å². The lowest BCUT2D eigenvalue weighted by atomic mass is 10.2. The van der Waals surface area contributed by atoms with Gasteiger partial charge in [0, 0.05) is 19.6 Å². The fraction of sp³-hybridized carbons (Fsp3) is 0.600. The Morgan fingerprint density at radius 1 is 1.29 bits per heavy atom. The lowest BCUT2D eigenvalue weighted by molar-refractivity contribution is 0.0371. The number of nitrogen functional groups attached to an aromatic ring is 1. The number of rotatable bonds is 7. The highest BCUT2D eigenvalue weighted by atomic mass is 16.5. The molecule has 3 N–H and O–H groups in total. The molecule has 1 amide bonds. The maximum absolute atomic E-state index is 11.8. The fourth-order valence-electron chi connectivity index (χ4n) is 2.33. The van der Waals surface area contributed by atoms with Crippen molar-refractivity contribution in [3.05, 3.63) is 23.9 Å². The van der Waals surface area contributed by atoms with Gasteiger partial charge in [0.2, 0.25) is 0 Å². The topological polar surface area (TPSA) is 80.5 Å². The van der Waals surface area contributed by atoms with E-state index in [2.05, 4.69) is 15.2 Å². The molecule has 0 aromatic carbocycles. The number of unbranched alkanes of at least 4 members (excludes halogenated alkanes) is 2. The summed E-state index contributed by atoms with van der Waals surface area (Å²) >= 11 is 0. The minimum atomic E-state index is -0.157. The van der Waals surface area contributed by atoms with Crippen LogP contribution in [0.4, 0.5) is 5.82 Å². The molecule has 1 aromatic heterocycles. The van der Waals surface area contributed by atoms with Crippen molar-refractivity contribution in [1.82, 2.24) is 15.2 Å². The number of ether oxygens (including phenoxy) is 1. The molecular weight excluding hydrogens is 268 g/mol. The van der Waals surface area contributed by atoms with Crippen LogP contribution in [0.5, 0.6) is 0 Å². The minimum absolute atomic E-state index is 0.157. The molecule has 6 nitrogen and oxygen atoms in total. The second-order valence-electron chi connectivity index (χ2n) is 5.22. The first kappa shape index (κ1) is 15.7. The second-order valence-corrected chi connectivity index (χ2v) is 5.22. The molecule has 1 saturated heterocycles. The van der Waals surface area contributed by atoms with Gasteiger partial charge in [-0.15, -0.1) is 0 Å². The molecule has 1 fully saturated rings. The zero-order chi connectivity index (χ0) is 14.9. The number of nitrogens with zero attached hydrogens (tertiary/aromatic N) is 2. The molecule has 1 aliphatic heterocycles. The Balaban J connectivity index is 1.54. The third-order valence-corrected chi connectivity index (χ3v) is 3.54. The van der Waals surface area contributed by atoms with Gasteiger partial charge in [-0.3, -0.25) is 9.69 Å². The van der Waals surface area contributed by atoms with Gasteiger partial charge in [0.25, 0.3) is 5.91 Å². The largest absolute Gasteiger partial charge is 0.384 e. The number of hydrogen-bond acceptors (Lipinski definition) is 5. The average molecular weight is 292 g/mol. The van der Waals surface area contributed by atoms with E-state index >= 15 is 0 Å². The van der Waals surface area contributed by atoms with Crippen molar-refractivity contribution in [2.75, 3.05) is 45.1 Å². The van der Waals surface area contributed by atoms with E-state index in [9.17, 15) is 4.79 Å². The molecule has 1 aromatic rings. The summed E-state index contributed by atoms with van der Waals surface area (Å²) in [6, 6.07) is 5.08. The van der Waals surface area contributed by atoms with E-state index in [1.54, 1.807) is 18.2 Å². The highest BCUT2D eigenvalue weighted by Gasteiger charge is 2.09. The number of carbonyl (C=O) groups excluding carboxylic acids is 1. The number of pyridine rings is 1. The van der Waals surface area contributed by atoms with E-state index in [0.29, 0.717) is 18.1 Å². The molecule has 0 aliphatic carbocycles. The van der Waals surface area contributed by atoms with Crippen molar-refractivity contribution >= 4 is 11.7 Å². The normalized spacial score (nSPS) is 15.8. The molecule has 1 aliphatic rings. The van der Waals surface area contributed by atoms with Gasteiger partial charge in [-0.05, 0) is 31.5 Å². The van der Waals surface area contributed by atoms with Crippen LogP contribution in [0.25, 0.3) is 0 Å². The van der Waals surface area contributed by atoms with Crippen LogP contribution in [0, 0.1) is 0 Å². The molecule has 0 unspecified atom stereocenters. The Bertz CT molecular complexity index is 447. The van der Waals surface area contributed by atoms with Gasteiger partial charge in [0.1, 0.15) is 11.5 Å². The van der Waals surface area contributed by atoms with E-state index < -0.39 is 0 Å². The first-order chi connectivity index (χ1) is 10.3. The average Bonchev–Trinajstić information content (AvgIpc) is 2.51. The van der Waals surface area contributed by atoms with E-state index in [4.69, 9.17) is 10.5 Å². The van der Waals surface area contributed by atoms with Crippen molar-refractivity contribution in [2.45, 2.75) is 19.3 Å². The number of morpholine rings is 1. The first-order valence-corrected chi connectivity index (χ1v) is 7.56. The van der Waals surface area contributed by atoms with Crippen LogP contribution in [0.1, 0.15) is 29.8 Å². The number of aromatic nitrogens is 1. The molecule has 0 atom stereocenters. The van der Waals surface area contributed by atoms with Crippen LogP contribution in [-0.4, -0.2) is 55.2 Å². The van der Waals surface area contributed by atoms with Crippen LogP contribution >= 0.6 is 0 Å². The van der Waals surface area contributed by atoms with E-state index in [0.717, 1.165) is 52.1 Å². The van der Waals surface area contributed by atoms with E-state index in [1.165, 1.54) is 0 Å². The molecule has 6 heteroatoms. The van der Waals surface area contributed by atoms with E-state index in [-0.39, 0.29) is 5.91 Å².